The summed E-state index contributed by atoms with van der Waals surface area (Å²) in [7, 11) is 1.67. The summed E-state index contributed by atoms with van der Waals surface area (Å²) in [5, 5.41) is 54.4. The number of nitrogens with one attached hydrogen (secondary N) is 1. The van der Waals surface area contributed by atoms with Gasteiger partial charge in [0, 0.05) is 12.1 Å². The van der Waals surface area contributed by atoms with E-state index in [4.69, 9.17) is 41.9 Å². The molecule has 2 saturated heterocycles. The van der Waals surface area contributed by atoms with Crippen molar-refractivity contribution in [2.45, 2.75) is 105 Å². The lowest BCUT2D eigenvalue weighted by molar-refractivity contribution is -0.316. The Morgan fingerprint density at radius 2 is 1.50 bits per heavy atom. The van der Waals surface area contributed by atoms with Crippen LogP contribution in [0.4, 0.5) is 0 Å². The molecule has 3 aliphatic rings. The van der Waals surface area contributed by atoms with Gasteiger partial charge in [-0.15, -0.1) is 0 Å². The molecule has 14 nitrogen and oxygen atoms in total. The Bertz CT molecular complexity index is 637. The van der Waals surface area contributed by atoms with E-state index in [0.717, 1.165) is 0 Å². The number of hydrogen-bond acceptors (Lipinski definition) is 14. The molecule has 14 N–H and O–H groups in total. The SMILES string of the molecule is CN[C@@H]1C[C@H](N)C(O[C@H]2O[C@H](CCN)[C@@H](O)C[C@H]2N)[C@H](O)[C@H]1O[C@H]1O[C@H](CO)[C@@H](O)[C@H](N)[C@H]1O. The van der Waals surface area contributed by atoms with E-state index in [2.05, 4.69) is 5.32 Å². The Kier molecular flexibility index (Phi) is 9.99. The molecule has 0 aromatic heterocycles. The van der Waals surface area contributed by atoms with Crippen LogP contribution in [-0.2, 0) is 18.9 Å². The minimum Gasteiger partial charge on any atom is -0.394 e. The van der Waals surface area contributed by atoms with Crippen LogP contribution in [0.1, 0.15) is 19.3 Å². The van der Waals surface area contributed by atoms with Crippen molar-refractivity contribution in [3.63, 3.8) is 0 Å². The van der Waals surface area contributed by atoms with Crippen molar-refractivity contribution < 1.29 is 44.5 Å². The van der Waals surface area contributed by atoms with E-state index in [1.165, 1.54) is 0 Å². The van der Waals surface area contributed by atoms with E-state index in [-0.39, 0.29) is 6.42 Å². The number of rotatable bonds is 8. The van der Waals surface area contributed by atoms with Crippen LogP contribution in [-0.4, -0.2) is 131 Å². The summed E-state index contributed by atoms with van der Waals surface area (Å²) < 4.78 is 23.3. The van der Waals surface area contributed by atoms with E-state index in [1.807, 2.05) is 0 Å². The van der Waals surface area contributed by atoms with Gasteiger partial charge in [0.25, 0.3) is 0 Å². The van der Waals surface area contributed by atoms with E-state index in [1.54, 1.807) is 7.05 Å². The van der Waals surface area contributed by atoms with Crippen LogP contribution in [0.5, 0.6) is 0 Å². The third-order valence-corrected chi connectivity index (χ3v) is 6.96. The average Bonchev–Trinajstić information content (AvgIpc) is 2.80. The van der Waals surface area contributed by atoms with E-state index < -0.39 is 92.2 Å². The van der Waals surface area contributed by atoms with Gasteiger partial charge in [0.05, 0.1) is 30.9 Å². The Hall–Kier alpha value is -0.560. The number of ether oxygens (including phenoxy) is 4. The molecule has 2 aliphatic heterocycles. The quantitative estimate of drug-likeness (QED) is 0.151. The minimum atomic E-state index is -1.41. The third-order valence-electron chi connectivity index (χ3n) is 6.96. The monoisotopic (exact) mass is 495 g/mol. The van der Waals surface area contributed by atoms with Gasteiger partial charge < -0.3 is 72.7 Å². The van der Waals surface area contributed by atoms with Crippen LogP contribution >= 0.6 is 0 Å². The van der Waals surface area contributed by atoms with Crippen molar-refractivity contribution in [2.24, 2.45) is 22.9 Å². The van der Waals surface area contributed by atoms with Crippen LogP contribution in [0.15, 0.2) is 0 Å². The number of hydrogen-bond donors (Lipinski definition) is 10. The number of nitrogens with two attached hydrogens (primary N) is 4. The first-order chi connectivity index (χ1) is 16.1. The lowest BCUT2D eigenvalue weighted by Crippen LogP contribution is -2.68. The zero-order valence-electron chi connectivity index (χ0n) is 19.3. The zero-order chi connectivity index (χ0) is 25.2. The van der Waals surface area contributed by atoms with Crippen molar-refractivity contribution in [3.05, 3.63) is 0 Å². The summed E-state index contributed by atoms with van der Waals surface area (Å²) in [6.45, 7) is -0.224. The first-order valence-electron chi connectivity index (χ1n) is 11.7. The fraction of sp³-hybridized carbons (Fsp3) is 1.00. The maximum absolute atomic E-state index is 11.2. The molecule has 0 bridgehead atoms. The second-order valence-corrected chi connectivity index (χ2v) is 9.36. The summed E-state index contributed by atoms with van der Waals surface area (Å²) in [6, 6.07) is -2.84. The molecule has 0 aromatic rings. The lowest BCUT2D eigenvalue weighted by atomic mass is 9.83. The van der Waals surface area contributed by atoms with Crippen molar-refractivity contribution in [1.29, 1.82) is 0 Å². The summed E-state index contributed by atoms with van der Waals surface area (Å²) in [6.07, 6.45) is -9.57. The minimum absolute atomic E-state index is 0.233. The smallest absolute Gasteiger partial charge is 0.186 e. The predicted molar refractivity (Wildman–Crippen MR) is 118 cm³/mol. The highest BCUT2D eigenvalue weighted by Gasteiger charge is 2.50. The first-order valence-corrected chi connectivity index (χ1v) is 11.7. The molecule has 0 radical (unpaired) electrons. The highest BCUT2D eigenvalue weighted by molar-refractivity contribution is 5.01. The molecule has 14 heteroatoms. The Labute approximate surface area is 198 Å². The number of likely N-dealkylation sites (N-methyl/N-ethyl adjacent to an activating group) is 1. The van der Waals surface area contributed by atoms with Crippen molar-refractivity contribution in [3.8, 4) is 0 Å². The van der Waals surface area contributed by atoms with Gasteiger partial charge >= 0.3 is 0 Å². The molecule has 200 valence electrons. The maximum atomic E-state index is 11.2. The van der Waals surface area contributed by atoms with Crippen molar-refractivity contribution in [2.75, 3.05) is 20.2 Å². The van der Waals surface area contributed by atoms with Crippen LogP contribution in [0.3, 0.4) is 0 Å². The van der Waals surface area contributed by atoms with E-state index in [0.29, 0.717) is 19.4 Å². The second-order valence-electron chi connectivity index (χ2n) is 9.36. The Morgan fingerprint density at radius 3 is 2.12 bits per heavy atom. The molecule has 14 atom stereocenters. The third kappa shape index (κ3) is 5.87. The number of aliphatic hydroxyl groups excluding tert-OH is 5. The molecule has 2 heterocycles. The van der Waals surface area contributed by atoms with Gasteiger partial charge in [0.2, 0.25) is 0 Å². The summed E-state index contributed by atoms with van der Waals surface area (Å²) in [5.41, 5.74) is 23.9. The molecule has 0 aromatic carbocycles. The van der Waals surface area contributed by atoms with Crippen LogP contribution in [0, 0.1) is 0 Å². The fourth-order valence-electron chi connectivity index (χ4n) is 4.88. The van der Waals surface area contributed by atoms with Crippen LogP contribution < -0.4 is 28.3 Å². The molecule has 1 unspecified atom stereocenters. The van der Waals surface area contributed by atoms with Crippen molar-refractivity contribution >= 4 is 0 Å². The molecule has 1 aliphatic carbocycles. The number of aliphatic hydroxyl groups is 5. The summed E-state index contributed by atoms with van der Waals surface area (Å²) >= 11 is 0. The highest BCUT2D eigenvalue weighted by Crippen LogP contribution is 2.31. The second kappa shape index (κ2) is 12.1. The zero-order valence-corrected chi connectivity index (χ0v) is 19.3. The van der Waals surface area contributed by atoms with E-state index >= 15 is 0 Å². The van der Waals surface area contributed by atoms with E-state index in [9.17, 15) is 25.5 Å². The van der Waals surface area contributed by atoms with Gasteiger partial charge in [0.1, 0.15) is 36.6 Å². The topological polar surface area (TPSA) is 254 Å². The highest BCUT2D eigenvalue weighted by atomic mass is 16.7. The Morgan fingerprint density at radius 1 is 0.853 bits per heavy atom. The van der Waals surface area contributed by atoms with Crippen LogP contribution in [0.2, 0.25) is 0 Å². The average molecular weight is 496 g/mol. The maximum Gasteiger partial charge on any atom is 0.186 e. The van der Waals surface area contributed by atoms with Gasteiger partial charge in [-0.25, -0.2) is 0 Å². The summed E-state index contributed by atoms with van der Waals surface area (Å²) in [4.78, 5) is 0. The van der Waals surface area contributed by atoms with Crippen LogP contribution in [0.25, 0.3) is 0 Å². The standard InChI is InChI=1S/C20H41N5O9/c1-25-9-4-7(22)17(33-19-8(23)5-10(27)11(31-19)2-3-21)16(30)18(9)34-20-15(29)13(24)14(28)12(6-26)32-20/h7-20,25-30H,2-6,21-24H2,1H3/t7-,8+,9+,10-,11+,12+,13-,14+,15+,16-,17?,18-,19+,20+/m0/s1. The van der Waals surface area contributed by atoms with Gasteiger partial charge in [-0.05, 0) is 32.9 Å². The summed E-state index contributed by atoms with van der Waals surface area (Å²) in [5.74, 6) is 0. The molecule has 34 heavy (non-hydrogen) atoms. The molecule has 1 saturated carbocycles. The molecule has 3 fully saturated rings. The molecule has 3 rings (SSSR count). The van der Waals surface area contributed by atoms with Crippen molar-refractivity contribution in [1.82, 2.24) is 5.32 Å². The van der Waals surface area contributed by atoms with Gasteiger partial charge in [-0.2, -0.15) is 0 Å². The normalized spacial score (nSPS) is 50.3. The predicted octanol–water partition coefficient (Wildman–Crippen LogP) is -5.64. The van der Waals surface area contributed by atoms with Gasteiger partial charge in [0.15, 0.2) is 12.6 Å². The molecule has 0 amide bonds. The van der Waals surface area contributed by atoms with Gasteiger partial charge in [-0.3, -0.25) is 0 Å². The van der Waals surface area contributed by atoms with Gasteiger partial charge in [-0.1, -0.05) is 0 Å². The largest absolute Gasteiger partial charge is 0.394 e. The Balaban J connectivity index is 1.73. The molecular formula is C20H41N5O9. The fourth-order valence-corrected chi connectivity index (χ4v) is 4.88. The first kappa shape index (κ1) is 28.0. The molecule has 0 spiro atoms. The lowest BCUT2D eigenvalue weighted by Gasteiger charge is -2.48. The molecular weight excluding hydrogens is 454 g/mol.